The van der Waals surface area contributed by atoms with E-state index in [0.29, 0.717) is 12.3 Å². The van der Waals surface area contributed by atoms with Gasteiger partial charge in [-0.15, -0.1) is 0 Å². The maximum absolute atomic E-state index is 12.8. The molecule has 2 atom stereocenters. The van der Waals surface area contributed by atoms with Gasteiger partial charge in [0.05, 0.1) is 12.7 Å². The van der Waals surface area contributed by atoms with Crippen LogP contribution < -0.4 is 16.1 Å². The van der Waals surface area contributed by atoms with Crippen molar-refractivity contribution in [2.24, 2.45) is 5.73 Å². The van der Waals surface area contributed by atoms with Crippen LogP contribution in [0.4, 0.5) is 0 Å². The van der Waals surface area contributed by atoms with Gasteiger partial charge in [0.25, 0.3) is 0 Å². The second-order valence-corrected chi connectivity index (χ2v) is 9.79. The molecule has 0 amide bonds. The third kappa shape index (κ3) is 10.3. The van der Waals surface area contributed by atoms with Crippen molar-refractivity contribution >= 4 is 36.0 Å². The molecule has 0 heterocycles. The minimum atomic E-state index is -3.31. The molecular weight excluding hydrogens is 367 g/mol. The maximum atomic E-state index is 12.8. The predicted octanol–water partition coefficient (Wildman–Crippen LogP) is 1.14. The van der Waals surface area contributed by atoms with Crippen LogP contribution in [0.1, 0.15) is 27.7 Å². The number of hydrogen-bond acceptors (Lipinski definition) is 7. The molecule has 0 aromatic carbocycles. The molecule has 0 rings (SSSR count). The van der Waals surface area contributed by atoms with Crippen LogP contribution in [-0.2, 0) is 18.6 Å². The van der Waals surface area contributed by atoms with E-state index in [0.717, 1.165) is 11.4 Å². The largest absolute Gasteiger partial charge is 0.462 e. The third-order valence-electron chi connectivity index (χ3n) is 2.68. The lowest BCUT2D eigenvalue weighted by Crippen LogP contribution is -2.45. The van der Waals surface area contributed by atoms with E-state index < -0.39 is 18.7 Å². The Bertz CT molecular complexity index is 519. The number of nitrogens with one attached hydrogen (secondary N) is 4. The molecule has 0 aliphatic carbocycles. The minimum absolute atomic E-state index is 0.0406. The SMILES string of the molecule is CCO[P@](=O)(N[C@@H](C)C(=O)OC(C)C)SCCN(C)C(=N)NC(=N)N. The van der Waals surface area contributed by atoms with Crippen LogP contribution in [0.5, 0.6) is 0 Å². The van der Waals surface area contributed by atoms with Crippen molar-refractivity contribution in [1.82, 2.24) is 15.3 Å². The van der Waals surface area contributed by atoms with E-state index in [-0.39, 0.29) is 24.6 Å². The average Bonchev–Trinajstić information content (AvgIpc) is 2.45. The summed E-state index contributed by atoms with van der Waals surface area (Å²) in [6, 6.07) is -0.775. The fraction of sp³-hybridized carbons (Fsp3) is 0.769. The standard InChI is InChI=1S/C13H29N6O4PS/c1-6-22-24(21,18-10(4)11(20)23-9(2)3)25-8-7-19(5)13(16)17-12(14)15/h9-10H,6-8H2,1-5H3,(H,18,21)(H5,14,15,16,17)/t10-,24+/m0/s1. The number of nitrogens with two attached hydrogens (primary N) is 1. The Morgan fingerprint density at radius 1 is 1.36 bits per heavy atom. The van der Waals surface area contributed by atoms with Crippen LogP contribution >= 0.6 is 18.1 Å². The van der Waals surface area contributed by atoms with Gasteiger partial charge in [-0.25, -0.2) is 5.09 Å². The van der Waals surface area contributed by atoms with Gasteiger partial charge in [-0.3, -0.25) is 25.5 Å². The van der Waals surface area contributed by atoms with Gasteiger partial charge in [0.15, 0.2) is 11.9 Å². The van der Waals surface area contributed by atoms with Crippen LogP contribution in [0.3, 0.4) is 0 Å². The lowest BCUT2D eigenvalue weighted by atomic mass is 10.4. The predicted molar refractivity (Wildman–Crippen MR) is 101 cm³/mol. The smallest absolute Gasteiger partial charge is 0.327 e. The monoisotopic (exact) mass is 396 g/mol. The molecule has 0 aliphatic rings. The Morgan fingerprint density at radius 3 is 2.44 bits per heavy atom. The molecule has 146 valence electrons. The summed E-state index contributed by atoms with van der Waals surface area (Å²) in [5.41, 5.74) is 5.17. The fourth-order valence-corrected chi connectivity index (χ4v) is 5.48. The Morgan fingerprint density at radius 2 is 1.96 bits per heavy atom. The van der Waals surface area contributed by atoms with Crippen LogP contribution in [0.25, 0.3) is 0 Å². The van der Waals surface area contributed by atoms with Crippen molar-refractivity contribution in [2.75, 3.05) is 26.0 Å². The molecule has 0 radical (unpaired) electrons. The molecule has 10 nitrogen and oxygen atoms in total. The molecule has 0 bridgehead atoms. The second kappa shape index (κ2) is 11.3. The first-order valence-corrected chi connectivity index (χ1v) is 11.0. The van der Waals surface area contributed by atoms with E-state index in [1.54, 1.807) is 34.7 Å². The van der Waals surface area contributed by atoms with Crippen LogP contribution in [-0.4, -0.2) is 60.9 Å². The second-order valence-electron chi connectivity index (χ2n) is 5.39. The number of ether oxygens (including phenoxy) is 1. The van der Waals surface area contributed by atoms with Crippen molar-refractivity contribution in [3.05, 3.63) is 0 Å². The zero-order valence-corrected chi connectivity index (χ0v) is 17.0. The Hall–Kier alpha value is -1.29. The average molecular weight is 396 g/mol. The van der Waals surface area contributed by atoms with E-state index in [4.69, 9.17) is 25.8 Å². The zero-order chi connectivity index (χ0) is 19.6. The number of carbonyl (C=O) groups excluding carboxylic acids is 1. The summed E-state index contributed by atoms with van der Waals surface area (Å²) in [6.07, 6.45) is -0.260. The first kappa shape index (κ1) is 23.7. The number of carbonyl (C=O) groups is 1. The lowest BCUT2D eigenvalue weighted by Gasteiger charge is -2.24. The molecule has 25 heavy (non-hydrogen) atoms. The highest BCUT2D eigenvalue weighted by atomic mass is 32.7. The van der Waals surface area contributed by atoms with Crippen molar-refractivity contribution in [1.29, 1.82) is 10.8 Å². The van der Waals surface area contributed by atoms with Crippen molar-refractivity contribution in [3.8, 4) is 0 Å². The molecule has 0 aliphatic heterocycles. The summed E-state index contributed by atoms with van der Waals surface area (Å²) in [5.74, 6) is -0.501. The van der Waals surface area contributed by atoms with E-state index in [1.807, 2.05) is 0 Å². The van der Waals surface area contributed by atoms with Gasteiger partial charge in [-0.2, -0.15) is 0 Å². The number of hydrogen-bond donors (Lipinski definition) is 5. The summed E-state index contributed by atoms with van der Waals surface area (Å²) in [7, 11) is 1.64. The molecule has 0 aromatic rings. The molecule has 0 unspecified atom stereocenters. The summed E-state index contributed by atoms with van der Waals surface area (Å²) in [5, 5.41) is 19.9. The fourth-order valence-electron chi connectivity index (χ4n) is 1.54. The number of guanidine groups is 2. The molecule has 6 N–H and O–H groups in total. The quantitative estimate of drug-likeness (QED) is 0.158. The van der Waals surface area contributed by atoms with Gasteiger partial charge in [-0.1, -0.05) is 11.4 Å². The molecule has 0 spiro atoms. The Balaban J connectivity index is 4.61. The molecule has 0 saturated carbocycles. The third-order valence-corrected chi connectivity index (χ3v) is 6.89. The summed E-state index contributed by atoms with van der Waals surface area (Å²) < 4.78 is 23.2. The van der Waals surface area contributed by atoms with Crippen LogP contribution in [0, 0.1) is 10.8 Å². The van der Waals surface area contributed by atoms with Gasteiger partial charge < -0.3 is 19.9 Å². The molecule has 12 heteroatoms. The number of nitrogens with zero attached hydrogens (tertiary/aromatic N) is 1. The Labute approximate surface area is 152 Å². The molecule has 0 fully saturated rings. The number of rotatable bonds is 10. The summed E-state index contributed by atoms with van der Waals surface area (Å²) in [4.78, 5) is 13.4. The van der Waals surface area contributed by atoms with Crippen molar-refractivity contribution < 1.29 is 18.6 Å². The summed E-state index contributed by atoms with van der Waals surface area (Å²) >= 11 is 1.04. The zero-order valence-electron chi connectivity index (χ0n) is 15.3. The topological polar surface area (TPSA) is 154 Å². The first-order valence-electron chi connectivity index (χ1n) is 7.78. The van der Waals surface area contributed by atoms with E-state index in [2.05, 4.69) is 10.4 Å². The van der Waals surface area contributed by atoms with Gasteiger partial charge in [-0.05, 0) is 27.7 Å². The first-order chi connectivity index (χ1) is 11.5. The minimum Gasteiger partial charge on any atom is -0.462 e. The van der Waals surface area contributed by atoms with Gasteiger partial charge in [0.1, 0.15) is 6.04 Å². The molecule has 0 aromatic heterocycles. The molecular formula is C13H29N6O4PS. The normalized spacial score (nSPS) is 14.5. The van der Waals surface area contributed by atoms with Gasteiger partial charge in [0.2, 0.25) is 0 Å². The van der Waals surface area contributed by atoms with Crippen molar-refractivity contribution in [2.45, 2.75) is 39.8 Å². The molecule has 0 saturated heterocycles. The highest BCUT2D eigenvalue weighted by Gasteiger charge is 2.29. The maximum Gasteiger partial charge on any atom is 0.327 e. The Kier molecular flexibility index (Phi) is 10.8. The highest BCUT2D eigenvalue weighted by molar-refractivity contribution is 8.56. The van der Waals surface area contributed by atoms with Crippen LogP contribution in [0.2, 0.25) is 0 Å². The van der Waals surface area contributed by atoms with Crippen molar-refractivity contribution in [3.63, 3.8) is 0 Å². The van der Waals surface area contributed by atoms with Crippen LogP contribution in [0.15, 0.2) is 0 Å². The summed E-state index contributed by atoms with van der Waals surface area (Å²) in [6.45, 7) is 4.04. The lowest BCUT2D eigenvalue weighted by molar-refractivity contribution is -0.149. The van der Waals surface area contributed by atoms with E-state index >= 15 is 0 Å². The van der Waals surface area contributed by atoms with Gasteiger partial charge in [0, 0.05) is 19.3 Å². The van der Waals surface area contributed by atoms with Gasteiger partial charge >= 0.3 is 12.7 Å². The highest BCUT2D eigenvalue weighted by Crippen LogP contribution is 2.56. The van der Waals surface area contributed by atoms with E-state index in [9.17, 15) is 9.36 Å². The number of esters is 1. The van der Waals surface area contributed by atoms with E-state index in [1.165, 1.54) is 4.90 Å².